The monoisotopic (exact) mass is 509 g/mol. The number of halogens is 8. The van der Waals surface area contributed by atoms with E-state index in [1.54, 1.807) is 0 Å². The molecule has 1 aromatic carbocycles. The van der Waals surface area contributed by atoms with E-state index >= 15 is 0 Å². The van der Waals surface area contributed by atoms with Crippen molar-refractivity contribution in [2.75, 3.05) is 0 Å². The Kier molecular flexibility index (Phi) is 5.63. The summed E-state index contributed by atoms with van der Waals surface area (Å²) in [5.41, 5.74) is -1.39. The topological polar surface area (TPSA) is 56.9 Å². The van der Waals surface area contributed by atoms with Gasteiger partial charge in [-0.2, -0.15) is 22.7 Å². The van der Waals surface area contributed by atoms with E-state index < -0.39 is 40.4 Å². The molecule has 14 heteroatoms. The maximum absolute atomic E-state index is 13.9. The Labute approximate surface area is 181 Å². The number of hydrogen-bond acceptors (Lipinski definition) is 3. The van der Waals surface area contributed by atoms with Crippen molar-refractivity contribution in [1.82, 2.24) is 14.3 Å². The van der Waals surface area contributed by atoms with Gasteiger partial charge in [-0.05, 0) is 47.5 Å². The van der Waals surface area contributed by atoms with E-state index in [1.807, 2.05) is 0 Å². The van der Waals surface area contributed by atoms with Crippen molar-refractivity contribution in [1.29, 1.82) is 0 Å². The minimum Gasteiger partial charge on any atom is -0.307 e. The van der Waals surface area contributed by atoms with Gasteiger partial charge in [-0.25, -0.2) is 13.1 Å². The number of alkyl halides is 6. The van der Waals surface area contributed by atoms with Crippen molar-refractivity contribution in [3.05, 3.63) is 58.5 Å². The predicted molar refractivity (Wildman–Crippen MR) is 101 cm³/mol. The van der Waals surface area contributed by atoms with Crippen LogP contribution in [0.2, 0.25) is 10.0 Å². The van der Waals surface area contributed by atoms with Gasteiger partial charge in [0.25, 0.3) is 0 Å². The Hall–Kier alpha value is -1.46. The lowest BCUT2D eigenvalue weighted by atomic mass is 10.2. The summed E-state index contributed by atoms with van der Waals surface area (Å²) < 4.78 is 76.1. The van der Waals surface area contributed by atoms with Crippen LogP contribution >= 0.6 is 46.4 Å². The summed E-state index contributed by atoms with van der Waals surface area (Å²) in [7, 11) is -4.98. The molecule has 3 aromatic rings. The van der Waals surface area contributed by atoms with Crippen molar-refractivity contribution in [2.24, 2.45) is 0 Å². The van der Waals surface area contributed by atoms with Crippen LogP contribution in [0.5, 0.6) is 0 Å². The SMILES string of the molecule is O=S(=O)(c1cnn(-c2c(Cl)cc(C(F)(F)F)cc2Cl)c1-n1cccc1)C(F)(Cl)Cl. The van der Waals surface area contributed by atoms with Crippen molar-refractivity contribution in [3.8, 4) is 11.5 Å². The van der Waals surface area contributed by atoms with Gasteiger partial charge in [0.1, 0.15) is 10.6 Å². The summed E-state index contributed by atoms with van der Waals surface area (Å²) in [6.07, 6.45) is -1.24. The molecule has 156 valence electrons. The van der Waals surface area contributed by atoms with Crippen LogP contribution in [0.25, 0.3) is 11.5 Å². The zero-order valence-corrected chi connectivity index (χ0v) is 17.5. The molecule has 3 rings (SSSR count). The smallest absolute Gasteiger partial charge is 0.307 e. The molecule has 0 radical (unpaired) electrons. The molecule has 0 unspecified atom stereocenters. The molecule has 2 heterocycles. The third-order valence-electron chi connectivity index (χ3n) is 3.71. The lowest BCUT2D eigenvalue weighted by Gasteiger charge is -2.16. The summed E-state index contributed by atoms with van der Waals surface area (Å²) >= 11 is 22.3. The maximum atomic E-state index is 13.9. The molecule has 0 aliphatic rings. The van der Waals surface area contributed by atoms with Gasteiger partial charge in [0.05, 0.1) is 21.8 Å². The molecule has 2 aromatic heterocycles. The second-order valence-corrected chi connectivity index (χ2v) is 10.1. The average Bonchev–Trinajstić information content (AvgIpc) is 3.21. The third-order valence-corrected chi connectivity index (χ3v) is 6.98. The van der Waals surface area contributed by atoms with E-state index in [0.717, 1.165) is 10.9 Å². The molecule has 0 amide bonds. The molecular formula is C15H7Cl4F4N3O2S. The fourth-order valence-electron chi connectivity index (χ4n) is 2.45. The van der Waals surface area contributed by atoms with Crippen LogP contribution in [-0.2, 0) is 16.0 Å². The summed E-state index contributed by atoms with van der Waals surface area (Å²) in [5.74, 6) is -0.318. The van der Waals surface area contributed by atoms with Crippen molar-refractivity contribution >= 4 is 56.2 Å². The van der Waals surface area contributed by atoms with E-state index in [2.05, 4.69) is 5.10 Å². The highest BCUT2D eigenvalue weighted by Crippen LogP contribution is 2.41. The first-order valence-electron chi connectivity index (χ1n) is 7.34. The number of rotatable bonds is 4. The average molecular weight is 511 g/mol. The van der Waals surface area contributed by atoms with E-state index in [1.165, 1.54) is 29.1 Å². The van der Waals surface area contributed by atoms with Gasteiger partial charge in [0, 0.05) is 12.4 Å². The van der Waals surface area contributed by atoms with Crippen LogP contribution in [0.4, 0.5) is 17.6 Å². The van der Waals surface area contributed by atoms with Crippen molar-refractivity contribution in [3.63, 3.8) is 0 Å². The number of nitrogens with zero attached hydrogens (tertiary/aromatic N) is 3. The van der Waals surface area contributed by atoms with Gasteiger partial charge in [0.2, 0.25) is 9.84 Å². The molecule has 0 spiro atoms. The Balaban J connectivity index is 2.34. The van der Waals surface area contributed by atoms with E-state index in [0.29, 0.717) is 12.1 Å². The summed E-state index contributed by atoms with van der Waals surface area (Å²) in [6, 6.07) is 4.21. The van der Waals surface area contributed by atoms with Crippen LogP contribution < -0.4 is 0 Å². The number of sulfone groups is 1. The van der Waals surface area contributed by atoms with Crippen molar-refractivity contribution < 1.29 is 26.0 Å². The molecule has 29 heavy (non-hydrogen) atoms. The molecule has 5 nitrogen and oxygen atoms in total. The normalized spacial score (nSPS) is 13.1. The largest absolute Gasteiger partial charge is 0.416 e. The zero-order valence-electron chi connectivity index (χ0n) is 13.6. The maximum Gasteiger partial charge on any atom is 0.416 e. The second-order valence-electron chi connectivity index (χ2n) is 5.57. The fourth-order valence-corrected chi connectivity index (χ4v) is 4.46. The highest BCUT2D eigenvalue weighted by Gasteiger charge is 2.45. The molecule has 0 aliphatic heterocycles. The fraction of sp³-hybridized carbons (Fsp3) is 0.133. The summed E-state index contributed by atoms with van der Waals surface area (Å²) in [6.45, 7) is 0. The van der Waals surface area contributed by atoms with Crippen LogP contribution in [0.1, 0.15) is 5.56 Å². The highest BCUT2D eigenvalue weighted by molar-refractivity contribution is 7.95. The van der Waals surface area contributed by atoms with Crippen LogP contribution in [0, 0.1) is 0 Å². The first kappa shape index (κ1) is 22.2. The lowest BCUT2D eigenvalue weighted by molar-refractivity contribution is -0.137. The Morgan fingerprint density at radius 2 is 1.48 bits per heavy atom. The summed E-state index contributed by atoms with van der Waals surface area (Å²) in [5, 5.41) is 2.86. The van der Waals surface area contributed by atoms with E-state index in [4.69, 9.17) is 46.4 Å². The van der Waals surface area contributed by atoms with Gasteiger partial charge in [-0.1, -0.05) is 23.2 Å². The van der Waals surface area contributed by atoms with E-state index in [9.17, 15) is 26.0 Å². The van der Waals surface area contributed by atoms with Crippen LogP contribution in [0.3, 0.4) is 0 Å². The Morgan fingerprint density at radius 1 is 0.966 bits per heavy atom. The first-order chi connectivity index (χ1) is 13.2. The Bertz CT molecular complexity index is 1150. The zero-order chi connectivity index (χ0) is 21.8. The molecule has 0 bridgehead atoms. The van der Waals surface area contributed by atoms with E-state index in [-0.39, 0.29) is 11.5 Å². The molecule has 0 saturated heterocycles. The third kappa shape index (κ3) is 3.96. The first-order valence-corrected chi connectivity index (χ1v) is 10.3. The van der Waals surface area contributed by atoms with Gasteiger partial charge in [-0.15, -0.1) is 0 Å². The van der Waals surface area contributed by atoms with Crippen molar-refractivity contribution in [2.45, 2.75) is 15.0 Å². The van der Waals surface area contributed by atoms with Gasteiger partial charge >= 0.3 is 10.1 Å². The number of benzene rings is 1. The molecule has 0 fully saturated rings. The van der Waals surface area contributed by atoms with Gasteiger partial charge < -0.3 is 4.57 Å². The molecule has 0 atom stereocenters. The molecule has 0 saturated carbocycles. The predicted octanol–water partition coefficient (Wildman–Crippen LogP) is 5.82. The minimum atomic E-state index is -4.98. The van der Waals surface area contributed by atoms with Gasteiger partial charge in [-0.3, -0.25) is 0 Å². The van der Waals surface area contributed by atoms with Crippen LogP contribution in [-0.4, -0.2) is 26.7 Å². The quantitative estimate of drug-likeness (QED) is 0.328. The number of aromatic nitrogens is 3. The number of hydrogen-bond donors (Lipinski definition) is 0. The molecule has 0 N–H and O–H groups in total. The highest BCUT2D eigenvalue weighted by atomic mass is 35.5. The Morgan fingerprint density at radius 3 is 1.93 bits per heavy atom. The summed E-state index contributed by atoms with van der Waals surface area (Å²) in [4.78, 5) is -0.742. The molecular weight excluding hydrogens is 504 g/mol. The second kappa shape index (κ2) is 7.35. The molecule has 0 aliphatic carbocycles. The lowest BCUT2D eigenvalue weighted by Crippen LogP contribution is -2.22. The van der Waals surface area contributed by atoms with Gasteiger partial charge in [0.15, 0.2) is 5.82 Å². The minimum absolute atomic E-state index is 0.264. The standard InChI is InChI=1S/C15H7Cl4F4N3O2S/c16-9-5-8(14(20,21)22)6-10(17)12(9)26-13(25-3-1-2-4-25)11(7-24-26)29(27,28)15(18,19)23/h1-7H. The van der Waals surface area contributed by atoms with Crippen LogP contribution in [0.15, 0.2) is 47.8 Å².